The second-order valence-electron chi connectivity index (χ2n) is 5.74. The summed E-state index contributed by atoms with van der Waals surface area (Å²) in [6, 6.07) is 13.9. The molecule has 1 aliphatic heterocycles. The zero-order valence-corrected chi connectivity index (χ0v) is 13.3. The smallest absolute Gasteiger partial charge is 0.141 e. The van der Waals surface area contributed by atoms with Crippen LogP contribution in [0.5, 0.6) is 0 Å². The minimum Gasteiger partial charge on any atom is -0.397 e. The lowest BCUT2D eigenvalue weighted by Gasteiger charge is -2.30. The highest BCUT2D eigenvalue weighted by molar-refractivity contribution is 5.96. The van der Waals surface area contributed by atoms with E-state index in [1.54, 1.807) is 6.33 Å². The molecule has 0 saturated carbocycles. The number of para-hydroxylation sites is 1. The molecule has 0 spiro atoms. The van der Waals surface area contributed by atoms with E-state index in [9.17, 15) is 0 Å². The minimum absolute atomic E-state index is 0.724. The zero-order chi connectivity index (χ0) is 16.4. The van der Waals surface area contributed by atoms with E-state index < -0.39 is 0 Å². The van der Waals surface area contributed by atoms with Gasteiger partial charge in [-0.05, 0) is 24.3 Å². The topological polar surface area (TPSA) is 76.3 Å². The Kier molecular flexibility index (Phi) is 3.88. The maximum absolute atomic E-state index is 6.31. The van der Waals surface area contributed by atoms with Gasteiger partial charge in [0.25, 0.3) is 0 Å². The number of nitrogens with one attached hydrogen (secondary N) is 1. The van der Waals surface area contributed by atoms with Gasteiger partial charge >= 0.3 is 0 Å². The Morgan fingerprint density at radius 1 is 1.04 bits per heavy atom. The summed E-state index contributed by atoms with van der Waals surface area (Å²) in [7, 11) is 0. The Labute approximate surface area is 140 Å². The molecule has 6 nitrogen and oxygen atoms in total. The Morgan fingerprint density at radius 3 is 2.62 bits per heavy atom. The molecule has 0 radical (unpaired) electrons. The molecule has 0 bridgehead atoms. The predicted molar refractivity (Wildman–Crippen MR) is 96.7 cm³/mol. The molecule has 0 aliphatic carbocycles. The van der Waals surface area contributed by atoms with Gasteiger partial charge in [0.15, 0.2) is 0 Å². The third-order valence-electron chi connectivity index (χ3n) is 4.17. The molecule has 122 valence electrons. The van der Waals surface area contributed by atoms with E-state index in [-0.39, 0.29) is 0 Å². The molecule has 3 N–H and O–H groups in total. The van der Waals surface area contributed by atoms with Crippen molar-refractivity contribution in [2.24, 2.45) is 0 Å². The number of nitrogens with zero attached hydrogens (tertiary/aromatic N) is 3. The van der Waals surface area contributed by atoms with E-state index in [0.29, 0.717) is 0 Å². The lowest BCUT2D eigenvalue weighted by molar-refractivity contribution is 0.123. The monoisotopic (exact) mass is 321 g/mol. The highest BCUT2D eigenvalue weighted by Crippen LogP contribution is 2.32. The van der Waals surface area contributed by atoms with Crippen molar-refractivity contribution in [2.45, 2.75) is 0 Å². The summed E-state index contributed by atoms with van der Waals surface area (Å²) in [5.74, 6) is 0.756. The summed E-state index contributed by atoms with van der Waals surface area (Å²) in [6.45, 7) is 3.13. The highest BCUT2D eigenvalue weighted by atomic mass is 16.5. The van der Waals surface area contributed by atoms with E-state index in [4.69, 9.17) is 10.5 Å². The second kappa shape index (κ2) is 6.33. The summed E-state index contributed by atoms with van der Waals surface area (Å²) >= 11 is 0. The zero-order valence-electron chi connectivity index (χ0n) is 13.3. The first kappa shape index (κ1) is 14.7. The van der Waals surface area contributed by atoms with Gasteiger partial charge in [-0.2, -0.15) is 0 Å². The lowest BCUT2D eigenvalue weighted by Crippen LogP contribution is -2.36. The van der Waals surface area contributed by atoms with Gasteiger partial charge in [-0.15, -0.1) is 0 Å². The van der Waals surface area contributed by atoms with Gasteiger partial charge in [-0.25, -0.2) is 9.97 Å². The van der Waals surface area contributed by atoms with Gasteiger partial charge < -0.3 is 20.7 Å². The second-order valence-corrected chi connectivity index (χ2v) is 5.74. The molecule has 2 aromatic carbocycles. The maximum atomic E-state index is 6.31. The van der Waals surface area contributed by atoms with Crippen LogP contribution in [0.25, 0.3) is 10.9 Å². The van der Waals surface area contributed by atoms with Crippen LogP contribution in [0.2, 0.25) is 0 Å². The molecule has 0 atom stereocenters. The average Bonchev–Trinajstić information content (AvgIpc) is 2.63. The standard InChI is InChI=1S/C18H19N5O/c19-15-10-14-16(11-17(15)23-6-8-24-9-7-23)20-12-21-18(14)22-13-4-2-1-3-5-13/h1-5,10-12H,6-9,19H2,(H,20,21,22). The predicted octanol–water partition coefficient (Wildman–Crippen LogP) is 2.79. The van der Waals surface area contributed by atoms with Gasteiger partial charge in [-0.3, -0.25) is 0 Å². The van der Waals surface area contributed by atoms with Gasteiger partial charge in [0.1, 0.15) is 12.1 Å². The van der Waals surface area contributed by atoms with Crippen molar-refractivity contribution in [3.63, 3.8) is 0 Å². The third kappa shape index (κ3) is 2.83. The fourth-order valence-electron chi connectivity index (χ4n) is 2.94. The van der Waals surface area contributed by atoms with E-state index in [2.05, 4.69) is 20.2 Å². The van der Waals surface area contributed by atoms with Crippen LogP contribution in [0.3, 0.4) is 0 Å². The van der Waals surface area contributed by atoms with E-state index >= 15 is 0 Å². The number of ether oxygens (including phenoxy) is 1. The van der Waals surface area contributed by atoms with Crippen LogP contribution in [-0.4, -0.2) is 36.3 Å². The minimum atomic E-state index is 0.724. The SMILES string of the molecule is Nc1cc2c(Nc3ccccc3)ncnc2cc1N1CCOCC1. The number of nitrogens with two attached hydrogens (primary N) is 1. The molecule has 6 heteroatoms. The maximum Gasteiger partial charge on any atom is 0.141 e. The molecule has 24 heavy (non-hydrogen) atoms. The Bertz CT molecular complexity index is 847. The summed E-state index contributed by atoms with van der Waals surface area (Å²) < 4.78 is 5.42. The molecular weight excluding hydrogens is 302 g/mol. The van der Waals surface area contributed by atoms with Crippen LogP contribution in [0.1, 0.15) is 0 Å². The van der Waals surface area contributed by atoms with E-state index in [0.717, 1.165) is 60.1 Å². The van der Waals surface area contributed by atoms with Gasteiger partial charge in [0.05, 0.1) is 30.1 Å². The van der Waals surface area contributed by atoms with E-state index in [1.165, 1.54) is 0 Å². The summed E-state index contributed by atoms with van der Waals surface area (Å²) in [6.07, 6.45) is 1.58. The molecule has 1 aliphatic rings. The molecule has 0 unspecified atom stereocenters. The van der Waals surface area contributed by atoms with Crippen LogP contribution >= 0.6 is 0 Å². The molecule has 1 aromatic heterocycles. The molecule has 2 heterocycles. The summed E-state index contributed by atoms with van der Waals surface area (Å²) in [4.78, 5) is 11.0. The van der Waals surface area contributed by atoms with Crippen molar-refractivity contribution < 1.29 is 4.74 Å². The largest absolute Gasteiger partial charge is 0.397 e. The van der Waals surface area contributed by atoms with Gasteiger partial charge in [0, 0.05) is 24.2 Å². The third-order valence-corrected chi connectivity index (χ3v) is 4.17. The Balaban J connectivity index is 1.73. The molecule has 1 fully saturated rings. The number of hydrogen-bond donors (Lipinski definition) is 2. The summed E-state index contributed by atoms with van der Waals surface area (Å²) in [5.41, 5.74) is 9.91. The normalized spacial score (nSPS) is 14.8. The molecule has 0 amide bonds. The fourth-order valence-corrected chi connectivity index (χ4v) is 2.94. The number of fused-ring (bicyclic) bond motifs is 1. The number of nitrogen functional groups attached to an aromatic ring is 1. The lowest BCUT2D eigenvalue weighted by atomic mass is 10.1. The van der Waals surface area contributed by atoms with Gasteiger partial charge in [-0.1, -0.05) is 18.2 Å². The van der Waals surface area contributed by atoms with Crippen molar-refractivity contribution in [2.75, 3.05) is 42.3 Å². The van der Waals surface area contributed by atoms with E-state index in [1.807, 2.05) is 42.5 Å². The number of hydrogen-bond acceptors (Lipinski definition) is 6. The highest BCUT2D eigenvalue weighted by Gasteiger charge is 2.16. The Morgan fingerprint density at radius 2 is 1.83 bits per heavy atom. The molecular formula is C18H19N5O. The van der Waals surface area contributed by atoms with Crippen LogP contribution in [0.15, 0.2) is 48.8 Å². The number of morpholine rings is 1. The Hall–Kier alpha value is -2.86. The fraction of sp³-hybridized carbons (Fsp3) is 0.222. The van der Waals surface area contributed by atoms with Gasteiger partial charge in [0.2, 0.25) is 0 Å². The number of anilines is 4. The molecule has 1 saturated heterocycles. The van der Waals surface area contributed by atoms with Crippen LogP contribution in [0, 0.1) is 0 Å². The van der Waals surface area contributed by atoms with Crippen molar-refractivity contribution in [3.05, 3.63) is 48.8 Å². The number of aromatic nitrogens is 2. The van der Waals surface area contributed by atoms with Crippen molar-refractivity contribution in [1.29, 1.82) is 0 Å². The quantitative estimate of drug-likeness (QED) is 0.723. The molecule has 3 aromatic rings. The number of rotatable bonds is 3. The van der Waals surface area contributed by atoms with Crippen LogP contribution in [0.4, 0.5) is 22.9 Å². The first-order valence-electron chi connectivity index (χ1n) is 8.00. The number of benzene rings is 2. The summed E-state index contributed by atoms with van der Waals surface area (Å²) in [5, 5.41) is 4.25. The van der Waals surface area contributed by atoms with Crippen LogP contribution in [-0.2, 0) is 4.74 Å². The average molecular weight is 321 g/mol. The van der Waals surface area contributed by atoms with Crippen molar-refractivity contribution in [1.82, 2.24) is 9.97 Å². The first-order valence-corrected chi connectivity index (χ1v) is 8.00. The first-order chi connectivity index (χ1) is 11.8. The van der Waals surface area contributed by atoms with Crippen molar-refractivity contribution >= 4 is 33.8 Å². The van der Waals surface area contributed by atoms with Crippen molar-refractivity contribution in [3.8, 4) is 0 Å². The van der Waals surface area contributed by atoms with Crippen LogP contribution < -0.4 is 16.0 Å². The molecule has 4 rings (SSSR count).